The topological polar surface area (TPSA) is 94.1 Å². The van der Waals surface area contributed by atoms with Crippen molar-refractivity contribution in [3.8, 4) is 11.8 Å². The molecule has 2 fully saturated rings. The molecule has 0 radical (unpaired) electrons. The SMILES string of the molecule is Cc1noc(N2C[C@H]3CC[C@@H](C2)[C@H]3Nc2nc(Oc3cccc(C(F)(F)F)c3)n(C(C)C)n2)n1. The molecule has 0 spiro atoms. The molecule has 1 N–H and O–H groups in total. The van der Waals surface area contributed by atoms with Crippen LogP contribution in [0.2, 0.25) is 0 Å². The van der Waals surface area contributed by atoms with Crippen molar-refractivity contribution in [2.45, 2.75) is 51.9 Å². The van der Waals surface area contributed by atoms with E-state index in [9.17, 15) is 13.2 Å². The number of rotatable bonds is 6. The minimum Gasteiger partial charge on any atom is -0.424 e. The lowest BCUT2D eigenvalue weighted by Gasteiger charge is -2.37. The fourth-order valence-corrected chi connectivity index (χ4v) is 4.80. The summed E-state index contributed by atoms with van der Waals surface area (Å²) in [7, 11) is 0. The van der Waals surface area contributed by atoms with Crippen molar-refractivity contribution in [1.82, 2.24) is 24.9 Å². The molecule has 1 saturated carbocycles. The van der Waals surface area contributed by atoms with Gasteiger partial charge in [-0.3, -0.25) is 0 Å². The zero-order valence-electron chi connectivity index (χ0n) is 19.1. The third-order valence-corrected chi connectivity index (χ3v) is 6.38. The molecule has 2 aliphatic rings. The maximum atomic E-state index is 13.1. The summed E-state index contributed by atoms with van der Waals surface area (Å²) < 4.78 is 51.9. The molecule has 9 nitrogen and oxygen atoms in total. The number of hydrogen-bond acceptors (Lipinski definition) is 8. The Morgan fingerprint density at radius 3 is 2.50 bits per heavy atom. The molecule has 3 aromatic rings. The van der Waals surface area contributed by atoms with Gasteiger partial charge >= 0.3 is 18.2 Å². The normalized spacial score (nSPS) is 22.4. The molecule has 1 aliphatic carbocycles. The van der Waals surface area contributed by atoms with Gasteiger partial charge in [0.15, 0.2) is 5.82 Å². The van der Waals surface area contributed by atoms with Crippen LogP contribution in [0, 0.1) is 18.8 Å². The molecule has 2 aromatic heterocycles. The number of benzene rings is 1. The van der Waals surface area contributed by atoms with Crippen molar-refractivity contribution >= 4 is 12.0 Å². The van der Waals surface area contributed by atoms with Crippen molar-refractivity contribution in [3.63, 3.8) is 0 Å². The van der Waals surface area contributed by atoms with Crippen molar-refractivity contribution in [2.24, 2.45) is 11.8 Å². The van der Waals surface area contributed by atoms with Gasteiger partial charge in [0.05, 0.1) is 11.6 Å². The minimum atomic E-state index is -4.45. The van der Waals surface area contributed by atoms with E-state index in [1.807, 2.05) is 13.8 Å². The molecule has 1 aromatic carbocycles. The zero-order valence-corrected chi connectivity index (χ0v) is 19.1. The van der Waals surface area contributed by atoms with E-state index in [4.69, 9.17) is 9.26 Å². The van der Waals surface area contributed by atoms with E-state index < -0.39 is 11.7 Å². The van der Waals surface area contributed by atoms with Crippen molar-refractivity contribution in [1.29, 1.82) is 0 Å². The summed E-state index contributed by atoms with van der Waals surface area (Å²) in [5.74, 6) is 1.77. The van der Waals surface area contributed by atoms with Gasteiger partial charge < -0.3 is 19.5 Å². The Morgan fingerprint density at radius 1 is 1.15 bits per heavy atom. The predicted octanol–water partition coefficient (Wildman–Crippen LogP) is 4.69. The van der Waals surface area contributed by atoms with E-state index in [-0.39, 0.29) is 23.8 Å². The summed E-state index contributed by atoms with van der Waals surface area (Å²) in [6.07, 6.45) is -2.33. The molecule has 1 aliphatic heterocycles. The molecule has 182 valence electrons. The number of halogens is 3. The van der Waals surface area contributed by atoms with Gasteiger partial charge in [-0.1, -0.05) is 11.2 Å². The monoisotopic (exact) mass is 477 g/mol. The maximum absolute atomic E-state index is 13.1. The molecule has 3 atom stereocenters. The molecule has 2 bridgehead atoms. The number of hydrogen-bond donors (Lipinski definition) is 1. The quantitative estimate of drug-likeness (QED) is 0.547. The van der Waals surface area contributed by atoms with Crippen molar-refractivity contribution in [2.75, 3.05) is 23.3 Å². The minimum absolute atomic E-state index is 0.0545. The first kappa shape index (κ1) is 22.5. The summed E-state index contributed by atoms with van der Waals surface area (Å²) in [5, 5.41) is 11.9. The standard InChI is InChI=1S/C22H26F3N7O2/c1-12(2)32-21(33-17-6-4-5-16(9-17)22(23,24)25)28-19(29-32)27-18-14-7-8-15(18)11-31(10-14)20-26-13(3)30-34-20/h4-6,9,12,14-15,18H,7-8,10-11H2,1-3H3,(H,27,29)/t14-,15+,18+. The predicted molar refractivity (Wildman–Crippen MR) is 117 cm³/mol. The molecule has 1 saturated heterocycles. The molecule has 0 amide bonds. The van der Waals surface area contributed by atoms with Gasteiger partial charge in [0, 0.05) is 19.1 Å². The lowest BCUT2D eigenvalue weighted by atomic mass is 9.92. The van der Waals surface area contributed by atoms with Gasteiger partial charge in [0.1, 0.15) is 5.75 Å². The Labute approximate surface area is 194 Å². The first-order chi connectivity index (χ1) is 16.2. The largest absolute Gasteiger partial charge is 0.424 e. The van der Waals surface area contributed by atoms with E-state index in [1.54, 1.807) is 11.6 Å². The Bertz CT molecular complexity index is 1150. The molecule has 34 heavy (non-hydrogen) atoms. The van der Waals surface area contributed by atoms with Crippen molar-refractivity contribution < 1.29 is 22.4 Å². The van der Waals surface area contributed by atoms with Crippen LogP contribution in [0.15, 0.2) is 28.8 Å². The van der Waals surface area contributed by atoms with Crippen LogP contribution in [0.25, 0.3) is 0 Å². The second kappa shape index (κ2) is 8.48. The summed E-state index contributed by atoms with van der Waals surface area (Å²) in [6.45, 7) is 7.19. The summed E-state index contributed by atoms with van der Waals surface area (Å²) in [4.78, 5) is 10.9. The van der Waals surface area contributed by atoms with E-state index >= 15 is 0 Å². The van der Waals surface area contributed by atoms with Gasteiger partial charge in [-0.25, -0.2) is 4.68 Å². The molecule has 5 rings (SSSR count). The summed E-state index contributed by atoms with van der Waals surface area (Å²) >= 11 is 0. The number of alkyl halides is 3. The van der Waals surface area contributed by atoms with Crippen molar-refractivity contribution in [3.05, 3.63) is 35.7 Å². The third kappa shape index (κ3) is 4.40. The number of fused-ring (bicyclic) bond motifs is 2. The number of nitrogens with one attached hydrogen (secondary N) is 1. The van der Waals surface area contributed by atoms with Crippen LogP contribution in [0.5, 0.6) is 11.8 Å². The smallest absolute Gasteiger partial charge is 0.416 e. The first-order valence-electron chi connectivity index (χ1n) is 11.3. The first-order valence-corrected chi connectivity index (χ1v) is 11.3. The number of anilines is 2. The highest BCUT2D eigenvalue weighted by atomic mass is 19.4. The van der Waals surface area contributed by atoms with Gasteiger partial charge in [-0.2, -0.15) is 23.1 Å². The molecule has 0 unspecified atom stereocenters. The average Bonchev–Trinajstić information content (AvgIpc) is 3.44. The van der Waals surface area contributed by atoms with Crippen LogP contribution < -0.4 is 15.0 Å². The highest BCUT2D eigenvalue weighted by Crippen LogP contribution is 2.40. The third-order valence-electron chi connectivity index (χ3n) is 6.38. The fraction of sp³-hybridized carbons (Fsp3) is 0.545. The number of aromatic nitrogens is 5. The Kier molecular flexibility index (Phi) is 5.61. The lowest BCUT2D eigenvalue weighted by Crippen LogP contribution is -2.48. The van der Waals surface area contributed by atoms with Gasteiger partial charge in [0.2, 0.25) is 5.95 Å². The van der Waals surface area contributed by atoms with Crippen LogP contribution in [0.4, 0.5) is 25.1 Å². The van der Waals surface area contributed by atoms with Crippen LogP contribution in [0.1, 0.15) is 44.1 Å². The second-order valence-corrected chi connectivity index (χ2v) is 9.18. The number of aryl methyl sites for hydroxylation is 1. The van der Waals surface area contributed by atoms with E-state index in [0.717, 1.165) is 38.1 Å². The lowest BCUT2D eigenvalue weighted by molar-refractivity contribution is -0.137. The number of nitrogens with zero attached hydrogens (tertiary/aromatic N) is 6. The molecule has 3 heterocycles. The van der Waals surface area contributed by atoms with E-state index in [2.05, 4.69) is 30.4 Å². The zero-order chi connectivity index (χ0) is 24.0. The Hall–Kier alpha value is -3.31. The number of ether oxygens (including phenoxy) is 1. The maximum Gasteiger partial charge on any atom is 0.416 e. The Morgan fingerprint density at radius 2 is 1.88 bits per heavy atom. The van der Waals surface area contributed by atoms with E-state index in [1.165, 1.54) is 12.1 Å². The molecular formula is C22H26F3N7O2. The van der Waals surface area contributed by atoms with Crippen LogP contribution in [-0.2, 0) is 6.18 Å². The van der Waals surface area contributed by atoms with E-state index in [0.29, 0.717) is 29.6 Å². The highest BCUT2D eigenvalue weighted by molar-refractivity contribution is 5.36. The van der Waals surface area contributed by atoms with Gasteiger partial charge in [-0.15, -0.1) is 5.10 Å². The Balaban J connectivity index is 1.32. The summed E-state index contributed by atoms with van der Waals surface area (Å²) in [6, 6.07) is 5.51. The number of piperidine rings is 1. The van der Waals surface area contributed by atoms with Gasteiger partial charge in [-0.05, 0) is 63.6 Å². The van der Waals surface area contributed by atoms with Gasteiger partial charge in [0.25, 0.3) is 0 Å². The molecule has 12 heteroatoms. The highest BCUT2D eigenvalue weighted by Gasteiger charge is 2.44. The fourth-order valence-electron chi connectivity index (χ4n) is 4.80. The average molecular weight is 477 g/mol. The van der Waals surface area contributed by atoms with Crippen LogP contribution in [0.3, 0.4) is 0 Å². The summed E-state index contributed by atoms with van der Waals surface area (Å²) in [5.41, 5.74) is -0.779. The second-order valence-electron chi connectivity index (χ2n) is 9.18. The molecular weight excluding hydrogens is 451 g/mol. The van der Waals surface area contributed by atoms with Crippen LogP contribution >= 0.6 is 0 Å². The van der Waals surface area contributed by atoms with Crippen LogP contribution in [-0.4, -0.2) is 44.0 Å².